The minimum Gasteiger partial charge on any atom is -0.352 e. The fraction of sp³-hybridized carbons (Fsp3) is 0.273. The summed E-state index contributed by atoms with van der Waals surface area (Å²) >= 11 is 0. The van der Waals surface area contributed by atoms with Crippen molar-refractivity contribution in [3.63, 3.8) is 0 Å². The molecule has 1 aliphatic heterocycles. The molecule has 1 aliphatic rings. The molecule has 1 atom stereocenters. The lowest BCUT2D eigenvalue weighted by molar-refractivity contribution is -0.119. The smallest absolute Gasteiger partial charge is 0.217 e. The molecule has 0 bridgehead atoms. The lowest BCUT2D eigenvalue weighted by Crippen LogP contribution is -2.35. The van der Waals surface area contributed by atoms with Gasteiger partial charge in [0.2, 0.25) is 5.91 Å². The Hall–Kier alpha value is -2.92. The highest BCUT2D eigenvalue weighted by molar-refractivity contribution is 5.73. The average Bonchev–Trinajstić information content (AvgIpc) is 3.32. The number of nitrogens with one attached hydrogen (secondary N) is 2. The molecular weight excluding hydrogens is 336 g/mol. The quantitative estimate of drug-likeness (QED) is 0.733. The molecule has 0 aliphatic carbocycles. The Morgan fingerprint density at radius 2 is 1.81 bits per heavy atom. The van der Waals surface area contributed by atoms with Crippen LogP contribution in [0.4, 0.5) is 0 Å². The Morgan fingerprint density at radius 1 is 1.11 bits per heavy atom. The van der Waals surface area contributed by atoms with E-state index >= 15 is 0 Å². The van der Waals surface area contributed by atoms with Gasteiger partial charge in [-0.1, -0.05) is 54.6 Å². The first-order valence-electron chi connectivity index (χ1n) is 9.36. The van der Waals surface area contributed by atoms with Crippen molar-refractivity contribution in [1.82, 2.24) is 20.4 Å². The van der Waals surface area contributed by atoms with E-state index in [2.05, 4.69) is 68.9 Å². The molecule has 4 rings (SSSR count). The van der Waals surface area contributed by atoms with Crippen molar-refractivity contribution in [2.45, 2.75) is 25.9 Å². The SMILES string of the molecule is CC(=O)N[C@@H]1CCN(Cc2cn[nH]c2-c2ccc(-c3ccccc3)cc2)C1. The number of carbonyl (C=O) groups excluding carboxylic acids is 1. The number of nitrogens with zero attached hydrogens (tertiary/aromatic N) is 2. The Kier molecular flexibility index (Phi) is 5.03. The topological polar surface area (TPSA) is 61.0 Å². The molecule has 1 saturated heterocycles. The first-order chi connectivity index (χ1) is 13.2. The van der Waals surface area contributed by atoms with E-state index in [9.17, 15) is 4.79 Å². The number of rotatable bonds is 5. The van der Waals surface area contributed by atoms with Gasteiger partial charge >= 0.3 is 0 Å². The number of carbonyl (C=O) groups is 1. The highest BCUT2D eigenvalue weighted by Crippen LogP contribution is 2.27. The minimum atomic E-state index is 0.0457. The van der Waals surface area contributed by atoms with E-state index in [0.29, 0.717) is 0 Å². The third kappa shape index (κ3) is 4.09. The normalized spacial score (nSPS) is 17.1. The molecule has 1 fully saturated rings. The van der Waals surface area contributed by atoms with Gasteiger partial charge in [0.05, 0.1) is 11.9 Å². The molecular formula is C22H24N4O. The number of benzene rings is 2. The van der Waals surface area contributed by atoms with Gasteiger partial charge in [-0.2, -0.15) is 5.10 Å². The van der Waals surface area contributed by atoms with Gasteiger partial charge in [0.25, 0.3) is 0 Å². The Bertz CT molecular complexity index is 902. The van der Waals surface area contributed by atoms with Crippen LogP contribution in [0.3, 0.4) is 0 Å². The highest BCUT2D eigenvalue weighted by Gasteiger charge is 2.24. The number of aromatic amines is 1. The van der Waals surface area contributed by atoms with Gasteiger partial charge in [-0.3, -0.25) is 14.8 Å². The molecule has 0 saturated carbocycles. The number of hydrogen-bond acceptors (Lipinski definition) is 3. The highest BCUT2D eigenvalue weighted by atomic mass is 16.1. The number of H-pyrrole nitrogens is 1. The van der Waals surface area contributed by atoms with E-state index in [1.54, 1.807) is 6.92 Å². The van der Waals surface area contributed by atoms with Crippen molar-refractivity contribution in [3.8, 4) is 22.4 Å². The fourth-order valence-electron chi connectivity index (χ4n) is 3.76. The molecule has 1 amide bonds. The summed E-state index contributed by atoms with van der Waals surface area (Å²) in [7, 11) is 0. The van der Waals surface area contributed by atoms with E-state index in [1.807, 2.05) is 12.3 Å². The molecule has 27 heavy (non-hydrogen) atoms. The zero-order chi connectivity index (χ0) is 18.6. The largest absolute Gasteiger partial charge is 0.352 e. The lowest BCUT2D eigenvalue weighted by Gasteiger charge is -2.16. The van der Waals surface area contributed by atoms with Gasteiger partial charge < -0.3 is 5.32 Å². The molecule has 3 aromatic rings. The van der Waals surface area contributed by atoms with Crippen LogP contribution in [0.25, 0.3) is 22.4 Å². The van der Waals surface area contributed by atoms with Gasteiger partial charge in [-0.05, 0) is 23.1 Å². The molecule has 138 valence electrons. The zero-order valence-electron chi connectivity index (χ0n) is 15.5. The first kappa shape index (κ1) is 17.5. The van der Waals surface area contributed by atoms with Crippen molar-refractivity contribution in [3.05, 3.63) is 66.4 Å². The van der Waals surface area contributed by atoms with Crippen molar-refractivity contribution in [2.75, 3.05) is 13.1 Å². The van der Waals surface area contributed by atoms with Crippen molar-refractivity contribution in [2.24, 2.45) is 0 Å². The van der Waals surface area contributed by atoms with Crippen LogP contribution in [-0.4, -0.2) is 40.1 Å². The van der Waals surface area contributed by atoms with Crippen LogP contribution < -0.4 is 5.32 Å². The summed E-state index contributed by atoms with van der Waals surface area (Å²) in [5.41, 5.74) is 5.82. The Morgan fingerprint density at radius 3 is 2.56 bits per heavy atom. The van der Waals surface area contributed by atoms with Crippen LogP contribution in [0.5, 0.6) is 0 Å². The first-order valence-corrected chi connectivity index (χ1v) is 9.36. The molecule has 2 N–H and O–H groups in total. The summed E-state index contributed by atoms with van der Waals surface area (Å²) in [5, 5.41) is 10.4. The number of hydrogen-bond donors (Lipinski definition) is 2. The van der Waals surface area contributed by atoms with Gasteiger partial charge in [0.1, 0.15) is 0 Å². The van der Waals surface area contributed by atoms with E-state index < -0.39 is 0 Å². The molecule has 0 unspecified atom stereocenters. The van der Waals surface area contributed by atoms with Crippen LogP contribution in [0, 0.1) is 0 Å². The third-order valence-electron chi connectivity index (χ3n) is 5.07. The number of likely N-dealkylation sites (tertiary alicyclic amines) is 1. The molecule has 0 radical (unpaired) electrons. The third-order valence-corrected chi connectivity index (χ3v) is 5.07. The summed E-state index contributed by atoms with van der Waals surface area (Å²) in [6.07, 6.45) is 2.91. The molecule has 2 heterocycles. The second-order valence-electron chi connectivity index (χ2n) is 7.13. The van der Waals surface area contributed by atoms with Crippen LogP contribution in [0.2, 0.25) is 0 Å². The predicted octanol–water partition coefficient (Wildman–Crippen LogP) is 3.45. The predicted molar refractivity (Wildman–Crippen MR) is 107 cm³/mol. The lowest BCUT2D eigenvalue weighted by atomic mass is 10.0. The fourth-order valence-corrected chi connectivity index (χ4v) is 3.76. The van der Waals surface area contributed by atoms with E-state index in [1.165, 1.54) is 16.7 Å². The summed E-state index contributed by atoms with van der Waals surface area (Å²) in [6, 6.07) is 19.2. The maximum absolute atomic E-state index is 11.2. The minimum absolute atomic E-state index is 0.0457. The second-order valence-corrected chi connectivity index (χ2v) is 7.13. The van der Waals surface area contributed by atoms with E-state index in [4.69, 9.17) is 0 Å². The standard InChI is InChI=1S/C22H24N4O/c1-16(27)24-21-11-12-26(15-21)14-20-13-23-25-22(20)19-9-7-18(8-10-19)17-5-3-2-4-6-17/h2-10,13,21H,11-12,14-15H2,1H3,(H,23,25)(H,24,27)/t21-/m1/s1. The van der Waals surface area contributed by atoms with Gasteiger partial charge in [0, 0.05) is 38.2 Å². The van der Waals surface area contributed by atoms with Crippen molar-refractivity contribution < 1.29 is 4.79 Å². The van der Waals surface area contributed by atoms with Crippen LogP contribution in [-0.2, 0) is 11.3 Å². The number of amides is 1. The molecule has 0 spiro atoms. The van der Waals surface area contributed by atoms with Gasteiger partial charge in [0.15, 0.2) is 0 Å². The molecule has 5 heteroatoms. The summed E-state index contributed by atoms with van der Waals surface area (Å²) in [4.78, 5) is 13.6. The summed E-state index contributed by atoms with van der Waals surface area (Å²) in [5.74, 6) is 0.0457. The monoisotopic (exact) mass is 360 g/mol. The molecule has 2 aromatic carbocycles. The molecule has 1 aromatic heterocycles. The van der Waals surface area contributed by atoms with Crippen LogP contribution in [0.15, 0.2) is 60.8 Å². The maximum Gasteiger partial charge on any atom is 0.217 e. The zero-order valence-corrected chi connectivity index (χ0v) is 15.5. The molecule has 5 nitrogen and oxygen atoms in total. The number of aromatic nitrogens is 2. The maximum atomic E-state index is 11.2. The van der Waals surface area contributed by atoms with Crippen LogP contribution >= 0.6 is 0 Å². The van der Waals surface area contributed by atoms with Gasteiger partial charge in [-0.15, -0.1) is 0 Å². The van der Waals surface area contributed by atoms with E-state index in [-0.39, 0.29) is 11.9 Å². The van der Waals surface area contributed by atoms with Crippen LogP contribution in [0.1, 0.15) is 18.9 Å². The Labute approximate surface area is 159 Å². The average molecular weight is 360 g/mol. The Balaban J connectivity index is 1.47. The van der Waals surface area contributed by atoms with E-state index in [0.717, 1.165) is 37.3 Å². The summed E-state index contributed by atoms with van der Waals surface area (Å²) in [6.45, 7) is 4.29. The second kappa shape index (κ2) is 7.76. The van der Waals surface area contributed by atoms with Crippen molar-refractivity contribution in [1.29, 1.82) is 0 Å². The van der Waals surface area contributed by atoms with Crippen molar-refractivity contribution >= 4 is 5.91 Å². The van der Waals surface area contributed by atoms with Gasteiger partial charge in [-0.25, -0.2) is 0 Å². The summed E-state index contributed by atoms with van der Waals surface area (Å²) < 4.78 is 0.